The average Bonchev–Trinajstić information content (AvgIpc) is 2.27. The predicted molar refractivity (Wildman–Crippen MR) is 87.6 cm³/mol. The van der Waals surface area contributed by atoms with Gasteiger partial charge in [0.1, 0.15) is 9.84 Å². The number of sulfone groups is 1. The maximum absolute atomic E-state index is 11.1. The molecule has 0 spiro atoms. The topological polar surface area (TPSA) is 46.2 Å². The molecule has 6 heteroatoms. The van der Waals surface area contributed by atoms with Crippen LogP contribution in [0.15, 0.2) is 22.7 Å². The lowest BCUT2D eigenvalue weighted by atomic mass is 10.0. The molecule has 0 aliphatic carbocycles. The largest absolute Gasteiger partial charge is 0.313 e. The Hall–Kier alpha value is 0.340. The van der Waals surface area contributed by atoms with E-state index in [1.807, 2.05) is 13.1 Å². The van der Waals surface area contributed by atoms with Gasteiger partial charge in [-0.15, -0.1) is 0 Å². The summed E-state index contributed by atoms with van der Waals surface area (Å²) >= 11 is 5.77. The zero-order chi connectivity index (χ0) is 13.8. The molecule has 0 aliphatic heterocycles. The highest BCUT2D eigenvalue weighted by Gasteiger charge is 2.14. The predicted octanol–water partition coefficient (Wildman–Crippen LogP) is 3.14. The molecule has 1 unspecified atom stereocenters. The third kappa shape index (κ3) is 5.54. The Morgan fingerprint density at radius 1 is 1.44 bits per heavy atom. The lowest BCUT2D eigenvalue weighted by molar-refractivity contribution is 0.534. The number of rotatable bonds is 6. The number of halogens is 2. The highest BCUT2D eigenvalue weighted by Crippen LogP contribution is 2.26. The van der Waals surface area contributed by atoms with Crippen molar-refractivity contribution in [1.82, 2.24) is 5.32 Å². The molecule has 0 fully saturated rings. The minimum atomic E-state index is -2.87. The van der Waals surface area contributed by atoms with Crippen LogP contribution in [-0.2, 0) is 9.84 Å². The monoisotopic (exact) mass is 445 g/mol. The zero-order valence-corrected chi connectivity index (χ0v) is 15.0. The Balaban J connectivity index is 2.74. The highest BCUT2D eigenvalue weighted by atomic mass is 127. The van der Waals surface area contributed by atoms with Gasteiger partial charge in [-0.25, -0.2) is 8.42 Å². The lowest BCUT2D eigenvalue weighted by Crippen LogP contribution is -2.18. The second-order valence-electron chi connectivity index (χ2n) is 4.28. The van der Waals surface area contributed by atoms with Gasteiger partial charge in [-0.2, -0.15) is 0 Å². The van der Waals surface area contributed by atoms with Gasteiger partial charge in [0.25, 0.3) is 0 Å². The summed E-state index contributed by atoms with van der Waals surface area (Å²) in [4.78, 5) is 0. The summed E-state index contributed by atoms with van der Waals surface area (Å²) in [5.41, 5.74) is 1.21. The van der Waals surface area contributed by atoms with E-state index in [9.17, 15) is 8.42 Å². The molecule has 0 aliphatic rings. The average molecular weight is 446 g/mol. The molecule has 0 aromatic heterocycles. The van der Waals surface area contributed by atoms with Crippen LogP contribution >= 0.6 is 38.5 Å². The molecule has 1 aromatic rings. The van der Waals surface area contributed by atoms with E-state index in [1.165, 1.54) is 15.4 Å². The minimum Gasteiger partial charge on any atom is -0.313 e. The van der Waals surface area contributed by atoms with Crippen LogP contribution in [0.2, 0.25) is 0 Å². The lowest BCUT2D eigenvalue weighted by Gasteiger charge is -2.18. The van der Waals surface area contributed by atoms with E-state index in [0.717, 1.165) is 10.9 Å². The molecule has 0 bridgehead atoms. The molecule has 0 saturated heterocycles. The molecule has 0 heterocycles. The van der Waals surface area contributed by atoms with Gasteiger partial charge in [0.2, 0.25) is 0 Å². The molecule has 0 amide bonds. The molecule has 1 atom stereocenters. The third-order valence-corrected chi connectivity index (χ3v) is 5.20. The van der Waals surface area contributed by atoms with Crippen LogP contribution in [-0.4, -0.2) is 27.5 Å². The number of nitrogens with one attached hydrogen (secondary N) is 1. The van der Waals surface area contributed by atoms with Crippen molar-refractivity contribution in [2.24, 2.45) is 0 Å². The van der Waals surface area contributed by atoms with Crippen molar-refractivity contribution < 1.29 is 8.42 Å². The van der Waals surface area contributed by atoms with Crippen LogP contribution < -0.4 is 5.32 Å². The fraction of sp³-hybridized carbons (Fsp3) is 0.500. The second-order valence-corrected chi connectivity index (χ2v) is 8.62. The molecule has 0 radical (unpaired) electrons. The smallest absolute Gasteiger partial charge is 0.147 e. The maximum Gasteiger partial charge on any atom is 0.147 e. The van der Waals surface area contributed by atoms with E-state index in [1.54, 1.807) is 0 Å². The van der Waals surface area contributed by atoms with Crippen LogP contribution in [0, 0.1) is 3.57 Å². The molecule has 0 saturated carbocycles. The number of hydrogen-bond acceptors (Lipinski definition) is 3. The normalized spacial score (nSPS) is 13.6. The van der Waals surface area contributed by atoms with Gasteiger partial charge in [0.15, 0.2) is 0 Å². The SMILES string of the molecule is CNC(CCCS(C)(=O)=O)c1cc(Br)ccc1I. The van der Waals surface area contributed by atoms with Crippen molar-refractivity contribution in [1.29, 1.82) is 0 Å². The van der Waals surface area contributed by atoms with Crippen LogP contribution in [0.3, 0.4) is 0 Å². The third-order valence-electron chi connectivity index (χ3n) is 2.69. The Labute approximate surface area is 131 Å². The quantitative estimate of drug-likeness (QED) is 0.684. The van der Waals surface area contributed by atoms with Gasteiger partial charge in [0, 0.05) is 26.1 Å². The molecular weight excluding hydrogens is 429 g/mol. The second kappa shape index (κ2) is 7.21. The first-order chi connectivity index (χ1) is 8.33. The summed E-state index contributed by atoms with van der Waals surface area (Å²) in [6.45, 7) is 0. The standard InChI is InChI=1S/C12H17BrINO2S/c1-15-12(4-3-7-18(2,16)17)10-8-9(13)5-6-11(10)14/h5-6,8,12,15H,3-4,7H2,1-2H3. The summed E-state index contributed by atoms with van der Waals surface area (Å²) < 4.78 is 24.5. The summed E-state index contributed by atoms with van der Waals surface area (Å²) in [7, 11) is -0.963. The van der Waals surface area contributed by atoms with Crippen molar-refractivity contribution in [3.8, 4) is 0 Å². The summed E-state index contributed by atoms with van der Waals surface area (Å²) in [6, 6.07) is 6.34. The van der Waals surface area contributed by atoms with Gasteiger partial charge in [0.05, 0.1) is 0 Å². The zero-order valence-electron chi connectivity index (χ0n) is 10.4. The number of hydrogen-bond donors (Lipinski definition) is 1. The molecule has 1 rings (SSSR count). The summed E-state index contributed by atoms with van der Waals surface area (Å²) in [5, 5.41) is 3.25. The number of benzene rings is 1. The molecule has 1 aromatic carbocycles. The first kappa shape index (κ1) is 16.4. The van der Waals surface area contributed by atoms with Crippen LogP contribution in [0.4, 0.5) is 0 Å². The van der Waals surface area contributed by atoms with E-state index >= 15 is 0 Å². The first-order valence-electron chi connectivity index (χ1n) is 5.63. The molecule has 3 nitrogen and oxygen atoms in total. The van der Waals surface area contributed by atoms with Gasteiger partial charge >= 0.3 is 0 Å². The first-order valence-corrected chi connectivity index (χ1v) is 9.56. The van der Waals surface area contributed by atoms with Crippen LogP contribution in [0.5, 0.6) is 0 Å². The molecular formula is C12H17BrINO2S. The van der Waals surface area contributed by atoms with Gasteiger partial charge < -0.3 is 5.32 Å². The van der Waals surface area contributed by atoms with Crippen LogP contribution in [0.1, 0.15) is 24.4 Å². The Bertz CT molecular complexity index is 505. The summed E-state index contributed by atoms with van der Waals surface area (Å²) in [5.74, 6) is 0.246. The van der Waals surface area contributed by atoms with Crippen molar-refractivity contribution in [2.75, 3.05) is 19.1 Å². The van der Waals surface area contributed by atoms with Crippen LogP contribution in [0.25, 0.3) is 0 Å². The van der Waals surface area contributed by atoms with Gasteiger partial charge in [-0.05, 0) is 66.2 Å². The van der Waals surface area contributed by atoms with Crippen molar-refractivity contribution in [2.45, 2.75) is 18.9 Å². The van der Waals surface area contributed by atoms with Gasteiger partial charge in [-0.1, -0.05) is 15.9 Å². The molecule has 18 heavy (non-hydrogen) atoms. The van der Waals surface area contributed by atoms with E-state index in [4.69, 9.17) is 0 Å². The van der Waals surface area contributed by atoms with Crippen molar-refractivity contribution >= 4 is 48.4 Å². The van der Waals surface area contributed by atoms with E-state index in [0.29, 0.717) is 6.42 Å². The minimum absolute atomic E-state index is 0.191. The molecule has 1 N–H and O–H groups in total. The van der Waals surface area contributed by atoms with Gasteiger partial charge in [-0.3, -0.25) is 0 Å². The van der Waals surface area contributed by atoms with E-state index in [2.05, 4.69) is 56.0 Å². The Kier molecular flexibility index (Phi) is 6.57. The van der Waals surface area contributed by atoms with Crippen molar-refractivity contribution in [3.05, 3.63) is 31.8 Å². The Morgan fingerprint density at radius 3 is 2.67 bits per heavy atom. The highest BCUT2D eigenvalue weighted by molar-refractivity contribution is 14.1. The molecule has 102 valence electrons. The fourth-order valence-electron chi connectivity index (χ4n) is 1.79. The van der Waals surface area contributed by atoms with E-state index in [-0.39, 0.29) is 11.8 Å². The Morgan fingerprint density at radius 2 is 2.11 bits per heavy atom. The maximum atomic E-state index is 11.1. The summed E-state index contributed by atoms with van der Waals surface area (Å²) in [6.07, 6.45) is 2.77. The van der Waals surface area contributed by atoms with E-state index < -0.39 is 9.84 Å². The fourth-order valence-corrected chi connectivity index (χ4v) is 3.57. The van der Waals surface area contributed by atoms with Crippen molar-refractivity contribution in [3.63, 3.8) is 0 Å².